The number of aromatic nitrogens is 1. The van der Waals surface area contributed by atoms with Gasteiger partial charge in [0.2, 0.25) is 5.91 Å². The number of para-hydroxylation sites is 1. The molecule has 0 fully saturated rings. The molecule has 1 heterocycles. The first-order chi connectivity index (χ1) is 9.79. The molecule has 1 amide bonds. The van der Waals surface area contributed by atoms with Crippen molar-refractivity contribution in [2.45, 2.75) is 20.8 Å². The predicted octanol–water partition coefficient (Wildman–Crippen LogP) is 3.24. The molecule has 2 aromatic rings. The van der Waals surface area contributed by atoms with Crippen LogP contribution in [0, 0.1) is 5.41 Å². The molecule has 0 saturated heterocycles. The number of anilines is 1. The van der Waals surface area contributed by atoms with Crippen molar-refractivity contribution in [1.29, 1.82) is 0 Å². The van der Waals surface area contributed by atoms with Crippen molar-refractivity contribution < 1.29 is 4.79 Å². The number of hydrogen-bond acceptors (Lipinski definition) is 4. The molecule has 0 radical (unpaired) electrons. The Morgan fingerprint density at radius 3 is 2.43 bits per heavy atom. The fraction of sp³-hybridized carbons (Fsp3) is 0.500. The highest BCUT2D eigenvalue weighted by atomic mass is 32.1. The summed E-state index contributed by atoms with van der Waals surface area (Å²) >= 11 is 1.58. The van der Waals surface area contributed by atoms with E-state index in [1.54, 1.807) is 11.3 Å². The van der Waals surface area contributed by atoms with Gasteiger partial charge >= 0.3 is 0 Å². The molecule has 0 spiro atoms. The summed E-state index contributed by atoms with van der Waals surface area (Å²) in [7, 11) is 4.02. The van der Waals surface area contributed by atoms with Crippen molar-refractivity contribution >= 4 is 32.6 Å². The van der Waals surface area contributed by atoms with Crippen molar-refractivity contribution in [3.8, 4) is 0 Å². The molecule has 0 aliphatic carbocycles. The number of fused-ring (bicyclic) bond motifs is 1. The van der Waals surface area contributed by atoms with E-state index in [4.69, 9.17) is 0 Å². The molecule has 0 bridgehead atoms. The molecule has 4 nitrogen and oxygen atoms in total. The second kappa shape index (κ2) is 6.12. The molecule has 1 aromatic heterocycles. The van der Waals surface area contributed by atoms with E-state index in [-0.39, 0.29) is 5.91 Å². The Kier molecular flexibility index (Phi) is 4.64. The van der Waals surface area contributed by atoms with Crippen LogP contribution in [0.25, 0.3) is 10.2 Å². The fourth-order valence-electron chi connectivity index (χ4n) is 1.96. The molecule has 1 aromatic carbocycles. The van der Waals surface area contributed by atoms with Crippen LogP contribution in [-0.4, -0.2) is 43.0 Å². The van der Waals surface area contributed by atoms with Gasteiger partial charge in [-0.2, -0.15) is 0 Å². The quantitative estimate of drug-likeness (QED) is 0.870. The number of thiazole rings is 1. The van der Waals surface area contributed by atoms with E-state index in [2.05, 4.69) is 9.88 Å². The van der Waals surface area contributed by atoms with Crippen LogP contribution < -0.4 is 4.90 Å². The van der Waals surface area contributed by atoms with E-state index >= 15 is 0 Å². The van der Waals surface area contributed by atoms with Gasteiger partial charge in [-0.1, -0.05) is 44.2 Å². The zero-order valence-corrected chi connectivity index (χ0v) is 14.2. The van der Waals surface area contributed by atoms with Crippen LogP contribution in [-0.2, 0) is 4.79 Å². The highest BCUT2D eigenvalue weighted by Crippen LogP contribution is 2.31. The minimum absolute atomic E-state index is 0.114. The minimum Gasteiger partial charge on any atom is -0.308 e. The van der Waals surface area contributed by atoms with Crippen LogP contribution in [0.15, 0.2) is 24.3 Å². The fourth-order valence-corrected chi connectivity index (χ4v) is 2.95. The van der Waals surface area contributed by atoms with E-state index in [1.807, 2.05) is 64.0 Å². The Morgan fingerprint density at radius 2 is 1.86 bits per heavy atom. The van der Waals surface area contributed by atoms with E-state index in [9.17, 15) is 4.79 Å². The molecule has 0 aliphatic rings. The second-order valence-electron chi connectivity index (χ2n) is 6.47. The topological polar surface area (TPSA) is 36.4 Å². The lowest BCUT2D eigenvalue weighted by Gasteiger charge is -2.28. The number of benzene rings is 1. The smallest absolute Gasteiger partial charge is 0.234 e. The molecule has 5 heteroatoms. The summed E-state index contributed by atoms with van der Waals surface area (Å²) in [5.41, 5.74) is 0.540. The summed E-state index contributed by atoms with van der Waals surface area (Å²) in [6.07, 6.45) is 0. The van der Waals surface area contributed by atoms with Gasteiger partial charge in [0.1, 0.15) is 0 Å². The molecule has 2 rings (SSSR count). The molecule has 0 unspecified atom stereocenters. The van der Waals surface area contributed by atoms with Gasteiger partial charge in [-0.15, -0.1) is 0 Å². The summed E-state index contributed by atoms with van der Waals surface area (Å²) < 4.78 is 1.11. The number of carbonyl (C=O) groups is 1. The maximum atomic E-state index is 12.7. The summed E-state index contributed by atoms with van der Waals surface area (Å²) in [4.78, 5) is 21.3. The molecule has 0 atom stereocenters. The molecule has 114 valence electrons. The number of hydrogen-bond donors (Lipinski definition) is 0. The standard InChI is InChI=1S/C16H23N3OS/c1-16(2,3)14(20)19(11-10-18(4)5)15-17-12-8-6-7-9-13(12)21-15/h6-9H,10-11H2,1-5H3. The monoisotopic (exact) mass is 305 g/mol. The average molecular weight is 305 g/mol. The lowest BCUT2D eigenvalue weighted by molar-refractivity contribution is -0.125. The summed E-state index contributed by atoms with van der Waals surface area (Å²) in [5.74, 6) is 0.114. The van der Waals surface area contributed by atoms with Crippen molar-refractivity contribution in [3.63, 3.8) is 0 Å². The average Bonchev–Trinajstić information content (AvgIpc) is 2.80. The van der Waals surface area contributed by atoms with Crippen molar-refractivity contribution in [2.75, 3.05) is 32.1 Å². The first kappa shape index (κ1) is 15.9. The number of nitrogens with zero attached hydrogens (tertiary/aromatic N) is 3. The highest BCUT2D eigenvalue weighted by molar-refractivity contribution is 7.22. The number of likely N-dealkylation sites (N-methyl/N-ethyl adjacent to an activating group) is 1. The van der Waals surface area contributed by atoms with Crippen molar-refractivity contribution in [2.24, 2.45) is 5.41 Å². The van der Waals surface area contributed by atoms with Crippen LogP contribution >= 0.6 is 11.3 Å². The summed E-state index contributed by atoms with van der Waals surface area (Å²) in [6, 6.07) is 8.00. The van der Waals surface area contributed by atoms with E-state index in [1.165, 1.54) is 0 Å². The molecule has 0 saturated carbocycles. The van der Waals surface area contributed by atoms with E-state index in [0.717, 1.165) is 21.9 Å². The SMILES string of the molecule is CN(C)CCN(C(=O)C(C)(C)C)c1nc2ccccc2s1. The van der Waals surface area contributed by atoms with Gasteiger partial charge in [0.25, 0.3) is 0 Å². The first-order valence-corrected chi connectivity index (χ1v) is 7.93. The van der Waals surface area contributed by atoms with Gasteiger partial charge in [0.05, 0.1) is 10.2 Å². The maximum absolute atomic E-state index is 12.7. The number of carbonyl (C=O) groups excluding carboxylic acids is 1. The largest absolute Gasteiger partial charge is 0.308 e. The summed E-state index contributed by atoms with van der Waals surface area (Å²) in [5, 5.41) is 0.790. The van der Waals surface area contributed by atoms with Crippen molar-refractivity contribution in [1.82, 2.24) is 9.88 Å². The Morgan fingerprint density at radius 1 is 1.19 bits per heavy atom. The molecule has 0 aliphatic heterocycles. The van der Waals surface area contributed by atoms with E-state index < -0.39 is 5.41 Å². The molecular weight excluding hydrogens is 282 g/mol. The Balaban J connectivity index is 2.35. The summed E-state index contributed by atoms with van der Waals surface area (Å²) in [6.45, 7) is 7.32. The highest BCUT2D eigenvalue weighted by Gasteiger charge is 2.29. The normalized spacial score (nSPS) is 12.1. The van der Waals surface area contributed by atoms with Crippen LogP contribution in [0.2, 0.25) is 0 Å². The molecular formula is C16H23N3OS. The lowest BCUT2D eigenvalue weighted by atomic mass is 9.95. The maximum Gasteiger partial charge on any atom is 0.234 e. The van der Waals surface area contributed by atoms with Gasteiger partial charge in [-0.25, -0.2) is 4.98 Å². The predicted molar refractivity (Wildman–Crippen MR) is 90.0 cm³/mol. The van der Waals surface area contributed by atoms with Crippen LogP contribution in [0.5, 0.6) is 0 Å². The number of amides is 1. The second-order valence-corrected chi connectivity index (χ2v) is 7.48. The third-order valence-electron chi connectivity index (χ3n) is 3.17. The molecule has 21 heavy (non-hydrogen) atoms. The zero-order chi connectivity index (χ0) is 15.6. The van der Waals surface area contributed by atoms with Crippen LogP contribution in [0.3, 0.4) is 0 Å². The molecule has 0 N–H and O–H groups in total. The van der Waals surface area contributed by atoms with Gasteiger partial charge < -0.3 is 4.90 Å². The third kappa shape index (κ3) is 3.80. The van der Waals surface area contributed by atoms with Crippen LogP contribution in [0.4, 0.5) is 5.13 Å². The lowest BCUT2D eigenvalue weighted by Crippen LogP contribution is -2.43. The first-order valence-electron chi connectivity index (χ1n) is 7.11. The van der Waals surface area contributed by atoms with Crippen molar-refractivity contribution in [3.05, 3.63) is 24.3 Å². The van der Waals surface area contributed by atoms with Gasteiger partial charge in [0, 0.05) is 18.5 Å². The minimum atomic E-state index is -0.413. The van der Waals surface area contributed by atoms with Gasteiger partial charge in [-0.05, 0) is 26.2 Å². The Labute approximate surface area is 130 Å². The Bertz CT molecular complexity index is 595. The van der Waals surface area contributed by atoms with Gasteiger partial charge in [0.15, 0.2) is 5.13 Å². The van der Waals surface area contributed by atoms with Gasteiger partial charge in [-0.3, -0.25) is 9.69 Å². The van der Waals surface area contributed by atoms with E-state index in [0.29, 0.717) is 6.54 Å². The number of rotatable bonds is 4. The van der Waals surface area contributed by atoms with Crippen LogP contribution in [0.1, 0.15) is 20.8 Å². The Hall–Kier alpha value is -1.46. The zero-order valence-electron chi connectivity index (χ0n) is 13.4. The third-order valence-corrected chi connectivity index (χ3v) is 4.23.